The lowest BCUT2D eigenvalue weighted by molar-refractivity contribution is -0.0590. The number of hydrogen-bond acceptors (Lipinski definition) is 4. The summed E-state index contributed by atoms with van der Waals surface area (Å²) >= 11 is 0. The number of aliphatic hydroxyl groups is 1. The van der Waals surface area contributed by atoms with Crippen LogP contribution in [-0.4, -0.2) is 62.5 Å². The lowest BCUT2D eigenvalue weighted by Gasteiger charge is -2.43. The summed E-state index contributed by atoms with van der Waals surface area (Å²) in [6.45, 7) is 2.13. The molecule has 0 aromatic heterocycles. The Balaban J connectivity index is 1.72. The molecule has 1 aliphatic heterocycles. The fourth-order valence-electron chi connectivity index (χ4n) is 6.11. The summed E-state index contributed by atoms with van der Waals surface area (Å²) in [6, 6.07) is 3.15. The zero-order valence-corrected chi connectivity index (χ0v) is 22.0. The van der Waals surface area contributed by atoms with Gasteiger partial charge in [0.2, 0.25) is 0 Å². The van der Waals surface area contributed by atoms with Crippen molar-refractivity contribution in [3.63, 3.8) is 0 Å². The number of urea groups is 1. The maximum atomic E-state index is 14.9. The number of halogens is 2. The number of piperidine rings is 1. The van der Waals surface area contributed by atoms with E-state index < -0.39 is 23.2 Å². The number of rotatable bonds is 12. The fraction of sp³-hybridized carbons (Fsp3) is 0.750. The minimum atomic E-state index is -1.56. The zero-order chi connectivity index (χ0) is 26.0. The average molecular weight is 510 g/mol. The molecular formula is C28H45F2N3O3. The van der Waals surface area contributed by atoms with Crippen LogP contribution in [0.1, 0.15) is 76.2 Å². The number of likely N-dealkylation sites (tertiary alicyclic amines) is 1. The van der Waals surface area contributed by atoms with Crippen LogP contribution in [0.3, 0.4) is 0 Å². The summed E-state index contributed by atoms with van der Waals surface area (Å²) in [7, 11) is 3.51. The van der Waals surface area contributed by atoms with Crippen LogP contribution < -0.4 is 10.6 Å². The van der Waals surface area contributed by atoms with Gasteiger partial charge in [-0.3, -0.25) is 0 Å². The van der Waals surface area contributed by atoms with Gasteiger partial charge in [0, 0.05) is 50.9 Å². The molecule has 0 spiro atoms. The van der Waals surface area contributed by atoms with Gasteiger partial charge in [0.15, 0.2) is 0 Å². The van der Waals surface area contributed by atoms with Crippen molar-refractivity contribution in [3.05, 3.63) is 35.4 Å². The van der Waals surface area contributed by atoms with Crippen LogP contribution in [-0.2, 0) is 10.3 Å². The predicted octanol–water partition coefficient (Wildman–Crippen LogP) is 4.95. The molecule has 1 saturated heterocycles. The second-order valence-corrected chi connectivity index (χ2v) is 10.7. The van der Waals surface area contributed by atoms with Gasteiger partial charge >= 0.3 is 6.03 Å². The molecule has 2 fully saturated rings. The second-order valence-electron chi connectivity index (χ2n) is 10.7. The fourth-order valence-corrected chi connectivity index (χ4v) is 6.11. The van der Waals surface area contributed by atoms with Crippen LogP contribution in [0.5, 0.6) is 0 Å². The lowest BCUT2D eigenvalue weighted by atomic mass is 9.74. The van der Waals surface area contributed by atoms with Crippen LogP contribution in [0.2, 0.25) is 0 Å². The highest BCUT2D eigenvalue weighted by atomic mass is 19.1. The normalized spacial score (nSPS) is 21.7. The first-order valence-corrected chi connectivity index (χ1v) is 13.7. The van der Waals surface area contributed by atoms with Crippen LogP contribution in [0.4, 0.5) is 13.6 Å². The number of likely N-dealkylation sites (N-methyl/N-ethyl adjacent to an activating group) is 1. The highest BCUT2D eigenvalue weighted by Crippen LogP contribution is 2.41. The number of amides is 2. The molecule has 8 heteroatoms. The number of nitrogens with zero attached hydrogens (tertiary/aromatic N) is 1. The lowest BCUT2D eigenvalue weighted by Crippen LogP contribution is -2.54. The Hall–Kier alpha value is -1.77. The number of ether oxygens (including phenoxy) is 1. The first-order valence-electron chi connectivity index (χ1n) is 13.7. The molecule has 1 saturated carbocycles. The van der Waals surface area contributed by atoms with Gasteiger partial charge in [-0.2, -0.15) is 0 Å². The standard InChI is InChI=1S/C28H45F2N3O3/c1-31-19-24(17-21-9-4-3-5-10-21)32-27(34)33-15-8-11-22(20-33)28(35,14-6-7-16-36-2)25-18-23(29)12-13-26(25)30/h12-13,18,21-22,24,31,35H,3-11,14-17,19-20H2,1-2H3,(H,32,34)/t22-,24?,28+/m1/s1. The number of hydrogen-bond donors (Lipinski definition) is 3. The van der Waals surface area contributed by atoms with Crippen LogP contribution in [0, 0.1) is 23.5 Å². The predicted molar refractivity (Wildman–Crippen MR) is 138 cm³/mol. The van der Waals surface area contributed by atoms with E-state index in [0.717, 1.165) is 24.6 Å². The maximum Gasteiger partial charge on any atom is 0.317 e. The van der Waals surface area contributed by atoms with Gasteiger partial charge in [0.05, 0.1) is 5.60 Å². The largest absolute Gasteiger partial charge is 0.385 e. The summed E-state index contributed by atoms with van der Waals surface area (Å²) in [6.07, 6.45) is 10.2. The van der Waals surface area contributed by atoms with Gasteiger partial charge in [-0.25, -0.2) is 13.6 Å². The second kappa shape index (κ2) is 14.2. The molecule has 3 rings (SSSR count). The van der Waals surface area contributed by atoms with E-state index in [1.807, 2.05) is 7.05 Å². The topological polar surface area (TPSA) is 73.8 Å². The van der Waals surface area contributed by atoms with Gasteiger partial charge < -0.3 is 25.4 Å². The number of unbranched alkanes of at least 4 members (excludes halogenated alkanes) is 1. The molecule has 1 aromatic carbocycles. The van der Waals surface area contributed by atoms with Crippen LogP contribution >= 0.6 is 0 Å². The minimum absolute atomic E-state index is 0.0162. The van der Waals surface area contributed by atoms with Crippen molar-refractivity contribution in [1.29, 1.82) is 0 Å². The van der Waals surface area contributed by atoms with E-state index in [9.17, 15) is 18.7 Å². The van der Waals surface area contributed by atoms with Gasteiger partial charge in [-0.15, -0.1) is 0 Å². The maximum absolute atomic E-state index is 14.9. The van der Waals surface area contributed by atoms with Crippen molar-refractivity contribution in [3.8, 4) is 0 Å². The molecule has 1 unspecified atom stereocenters. The Morgan fingerprint density at radius 1 is 1.19 bits per heavy atom. The minimum Gasteiger partial charge on any atom is -0.385 e. The van der Waals surface area contributed by atoms with Crippen molar-refractivity contribution in [2.24, 2.45) is 11.8 Å². The zero-order valence-electron chi connectivity index (χ0n) is 22.0. The molecule has 204 valence electrons. The SMILES string of the molecule is CNCC(CC1CCCCC1)NC(=O)N1CCC[C@@H]([C@@](O)(CCCCOC)c2cc(F)ccc2F)C1. The van der Waals surface area contributed by atoms with E-state index in [1.54, 1.807) is 12.0 Å². The molecular weight excluding hydrogens is 464 g/mol. The summed E-state index contributed by atoms with van der Waals surface area (Å²) < 4.78 is 34.1. The molecule has 3 N–H and O–H groups in total. The summed E-state index contributed by atoms with van der Waals surface area (Å²) in [5, 5.41) is 18.3. The van der Waals surface area contributed by atoms with Crippen LogP contribution in [0.25, 0.3) is 0 Å². The van der Waals surface area contributed by atoms with Crippen molar-refractivity contribution in [2.45, 2.75) is 82.3 Å². The molecule has 2 amide bonds. The molecule has 2 aliphatic rings. The average Bonchev–Trinajstić information content (AvgIpc) is 2.88. The summed E-state index contributed by atoms with van der Waals surface area (Å²) in [4.78, 5) is 15.1. The Morgan fingerprint density at radius 3 is 2.69 bits per heavy atom. The molecule has 0 bridgehead atoms. The third-order valence-electron chi connectivity index (χ3n) is 8.06. The Bertz CT molecular complexity index is 821. The van der Waals surface area contributed by atoms with Crippen molar-refractivity contribution >= 4 is 6.03 Å². The number of nitrogens with one attached hydrogen (secondary N) is 2. The third kappa shape index (κ3) is 7.86. The molecule has 0 radical (unpaired) electrons. The molecule has 1 heterocycles. The quantitative estimate of drug-likeness (QED) is 0.349. The van der Waals surface area contributed by atoms with Gasteiger partial charge in [-0.05, 0) is 69.7 Å². The van der Waals surface area contributed by atoms with Gasteiger partial charge in [0.25, 0.3) is 0 Å². The monoisotopic (exact) mass is 509 g/mol. The van der Waals surface area contributed by atoms with E-state index in [0.29, 0.717) is 57.8 Å². The van der Waals surface area contributed by atoms with Crippen molar-refractivity contribution in [1.82, 2.24) is 15.5 Å². The van der Waals surface area contributed by atoms with E-state index in [1.165, 1.54) is 32.1 Å². The third-order valence-corrected chi connectivity index (χ3v) is 8.06. The summed E-state index contributed by atoms with van der Waals surface area (Å²) in [5.74, 6) is -0.949. The van der Waals surface area contributed by atoms with Gasteiger partial charge in [0.1, 0.15) is 11.6 Å². The highest BCUT2D eigenvalue weighted by Gasteiger charge is 2.43. The Labute approximate surface area is 215 Å². The van der Waals surface area contributed by atoms with E-state index in [2.05, 4.69) is 10.6 Å². The molecule has 36 heavy (non-hydrogen) atoms. The summed E-state index contributed by atoms with van der Waals surface area (Å²) in [5.41, 5.74) is -1.58. The van der Waals surface area contributed by atoms with E-state index in [4.69, 9.17) is 4.74 Å². The smallest absolute Gasteiger partial charge is 0.317 e. The number of benzene rings is 1. The Kier molecular flexibility index (Phi) is 11.4. The van der Waals surface area contributed by atoms with E-state index >= 15 is 0 Å². The van der Waals surface area contributed by atoms with E-state index in [-0.39, 0.29) is 24.1 Å². The first-order chi connectivity index (χ1) is 17.4. The molecule has 1 aromatic rings. The number of carbonyl (C=O) groups is 1. The molecule has 3 atom stereocenters. The van der Waals surface area contributed by atoms with Crippen LogP contribution in [0.15, 0.2) is 18.2 Å². The van der Waals surface area contributed by atoms with Gasteiger partial charge in [-0.1, -0.05) is 32.1 Å². The molecule has 6 nitrogen and oxygen atoms in total. The first kappa shape index (κ1) is 28.8. The highest BCUT2D eigenvalue weighted by molar-refractivity contribution is 5.74. The number of carbonyl (C=O) groups excluding carboxylic acids is 1. The number of methoxy groups -OCH3 is 1. The van der Waals surface area contributed by atoms with Crippen molar-refractivity contribution < 1.29 is 23.4 Å². The van der Waals surface area contributed by atoms with Crippen molar-refractivity contribution in [2.75, 3.05) is 40.4 Å². The Morgan fingerprint density at radius 2 is 1.97 bits per heavy atom. The molecule has 1 aliphatic carbocycles.